The van der Waals surface area contributed by atoms with Gasteiger partial charge in [-0.2, -0.15) is 0 Å². The molecule has 76 valence electrons. The first-order chi connectivity index (χ1) is 6.22. The maximum absolute atomic E-state index is 11.0. The molecule has 1 atom stereocenters. The summed E-state index contributed by atoms with van der Waals surface area (Å²) in [7, 11) is 0. The molecule has 0 radical (unpaired) electrons. The minimum Gasteiger partial charge on any atom is -0.338 e. The van der Waals surface area contributed by atoms with Crippen LogP contribution in [0.3, 0.4) is 0 Å². The van der Waals surface area contributed by atoms with Crippen LogP contribution in [0.4, 0.5) is 4.79 Å². The average molecular weight is 185 g/mol. The van der Waals surface area contributed by atoms with Crippen LogP contribution in [0.5, 0.6) is 0 Å². The van der Waals surface area contributed by atoms with E-state index in [1.807, 2.05) is 6.92 Å². The number of nitrogens with zero attached hydrogens (tertiary/aromatic N) is 1. The zero-order valence-corrected chi connectivity index (χ0v) is 8.47. The monoisotopic (exact) mass is 185 g/mol. The van der Waals surface area contributed by atoms with Crippen LogP contribution in [0.25, 0.3) is 0 Å². The number of carbonyl (C=O) groups is 1. The van der Waals surface area contributed by atoms with Crippen molar-refractivity contribution in [1.29, 1.82) is 0 Å². The first-order valence-corrected chi connectivity index (χ1v) is 4.96. The molecule has 4 heteroatoms. The van der Waals surface area contributed by atoms with E-state index in [-0.39, 0.29) is 6.03 Å². The maximum Gasteiger partial charge on any atom is 0.314 e. The molecule has 0 bridgehead atoms. The molecular weight excluding hydrogens is 166 g/mol. The fraction of sp³-hybridized carbons (Fsp3) is 0.889. The molecule has 0 aliphatic carbocycles. The van der Waals surface area contributed by atoms with Gasteiger partial charge in [-0.15, -0.1) is 0 Å². The molecule has 0 aromatic carbocycles. The lowest BCUT2D eigenvalue weighted by Gasteiger charge is -2.12. The first-order valence-electron chi connectivity index (χ1n) is 4.96. The quantitative estimate of drug-likeness (QED) is 0.603. The van der Waals surface area contributed by atoms with Crippen LogP contribution in [0, 0.1) is 5.92 Å². The van der Waals surface area contributed by atoms with Gasteiger partial charge in [-0.3, -0.25) is 0 Å². The molecule has 1 heterocycles. The highest BCUT2D eigenvalue weighted by molar-refractivity contribution is 5.73. The summed E-state index contributed by atoms with van der Waals surface area (Å²) in [6.45, 7) is 9.08. The van der Waals surface area contributed by atoms with E-state index >= 15 is 0 Å². The number of rotatable bonds is 5. The molecule has 1 unspecified atom stereocenters. The van der Waals surface area contributed by atoms with E-state index in [0.29, 0.717) is 12.5 Å². The Morgan fingerprint density at radius 1 is 1.46 bits per heavy atom. The molecule has 0 spiro atoms. The van der Waals surface area contributed by atoms with E-state index < -0.39 is 0 Å². The average Bonchev–Trinajstić information content (AvgIpc) is 2.85. The molecule has 1 fully saturated rings. The van der Waals surface area contributed by atoms with Crippen molar-refractivity contribution in [1.82, 2.24) is 15.5 Å². The second-order valence-electron chi connectivity index (χ2n) is 3.65. The third-order valence-electron chi connectivity index (χ3n) is 2.06. The van der Waals surface area contributed by atoms with Crippen molar-refractivity contribution >= 4 is 6.03 Å². The highest BCUT2D eigenvalue weighted by Gasteiger charge is 2.19. The lowest BCUT2D eigenvalue weighted by atomic mass is 10.2. The van der Waals surface area contributed by atoms with Crippen LogP contribution in [0.1, 0.15) is 13.8 Å². The van der Waals surface area contributed by atoms with E-state index in [9.17, 15) is 4.79 Å². The van der Waals surface area contributed by atoms with Gasteiger partial charge in [0, 0.05) is 32.7 Å². The van der Waals surface area contributed by atoms with Gasteiger partial charge >= 0.3 is 6.03 Å². The van der Waals surface area contributed by atoms with Crippen LogP contribution in [0.15, 0.2) is 0 Å². The Kier molecular flexibility index (Phi) is 4.02. The van der Waals surface area contributed by atoms with E-state index in [1.54, 1.807) is 0 Å². The van der Waals surface area contributed by atoms with Crippen molar-refractivity contribution in [2.45, 2.75) is 13.8 Å². The van der Waals surface area contributed by atoms with E-state index in [0.717, 1.165) is 13.1 Å². The van der Waals surface area contributed by atoms with E-state index in [4.69, 9.17) is 0 Å². The highest BCUT2D eigenvalue weighted by Crippen LogP contribution is 2.07. The van der Waals surface area contributed by atoms with Gasteiger partial charge in [-0.25, -0.2) is 4.79 Å². The first kappa shape index (κ1) is 10.3. The predicted molar refractivity (Wildman–Crippen MR) is 52.7 cm³/mol. The molecule has 1 rings (SSSR count). The standard InChI is InChI=1S/C9H19N3O/c1-3-10-9(13)11-6-8(2)7-12-4-5-12/h8H,3-7H2,1-2H3,(H2,10,11,13). The minimum absolute atomic E-state index is 0.0554. The number of nitrogens with one attached hydrogen (secondary N) is 2. The Balaban J connectivity index is 1.99. The summed E-state index contributed by atoms with van der Waals surface area (Å²) in [6, 6.07) is -0.0554. The fourth-order valence-corrected chi connectivity index (χ4v) is 1.25. The Morgan fingerprint density at radius 3 is 2.69 bits per heavy atom. The Bertz CT molecular complexity index is 168. The second kappa shape index (κ2) is 5.07. The molecule has 0 aromatic heterocycles. The molecular formula is C9H19N3O. The largest absolute Gasteiger partial charge is 0.338 e. The summed E-state index contributed by atoms with van der Waals surface area (Å²) in [5.41, 5.74) is 0. The number of amides is 2. The van der Waals surface area contributed by atoms with Crippen molar-refractivity contribution in [3.05, 3.63) is 0 Å². The third-order valence-corrected chi connectivity index (χ3v) is 2.06. The van der Waals surface area contributed by atoms with Crippen molar-refractivity contribution in [3.63, 3.8) is 0 Å². The molecule has 4 nitrogen and oxygen atoms in total. The van der Waals surface area contributed by atoms with Crippen molar-refractivity contribution in [2.24, 2.45) is 5.92 Å². The Morgan fingerprint density at radius 2 is 2.15 bits per heavy atom. The van der Waals surface area contributed by atoms with Gasteiger partial charge in [0.05, 0.1) is 0 Å². The normalized spacial score (nSPS) is 18.0. The van der Waals surface area contributed by atoms with E-state index in [2.05, 4.69) is 22.5 Å². The zero-order valence-electron chi connectivity index (χ0n) is 8.47. The van der Waals surface area contributed by atoms with Crippen LogP contribution in [-0.2, 0) is 0 Å². The van der Waals surface area contributed by atoms with Crippen LogP contribution < -0.4 is 10.6 Å². The van der Waals surface area contributed by atoms with Gasteiger partial charge in [0.1, 0.15) is 0 Å². The number of carbonyl (C=O) groups excluding carboxylic acids is 1. The second-order valence-corrected chi connectivity index (χ2v) is 3.65. The minimum atomic E-state index is -0.0554. The van der Waals surface area contributed by atoms with E-state index in [1.165, 1.54) is 13.1 Å². The van der Waals surface area contributed by atoms with Crippen molar-refractivity contribution in [3.8, 4) is 0 Å². The molecule has 1 saturated heterocycles. The molecule has 1 aliphatic heterocycles. The SMILES string of the molecule is CCNC(=O)NCC(C)CN1CC1. The van der Waals surface area contributed by atoms with Crippen LogP contribution >= 0.6 is 0 Å². The fourth-order valence-electron chi connectivity index (χ4n) is 1.25. The summed E-state index contributed by atoms with van der Waals surface area (Å²) in [6.07, 6.45) is 0. The Hall–Kier alpha value is -0.770. The van der Waals surface area contributed by atoms with Gasteiger partial charge < -0.3 is 15.5 Å². The number of urea groups is 1. The van der Waals surface area contributed by atoms with Crippen molar-refractivity contribution < 1.29 is 4.79 Å². The van der Waals surface area contributed by atoms with Crippen LogP contribution in [-0.4, -0.2) is 43.7 Å². The predicted octanol–water partition coefficient (Wildman–Crippen LogP) is 0.257. The summed E-state index contributed by atoms with van der Waals surface area (Å²) in [4.78, 5) is 13.4. The number of hydrogen-bond donors (Lipinski definition) is 2. The van der Waals surface area contributed by atoms with Gasteiger partial charge in [-0.05, 0) is 12.8 Å². The zero-order chi connectivity index (χ0) is 9.68. The summed E-state index contributed by atoms with van der Waals surface area (Å²) >= 11 is 0. The van der Waals surface area contributed by atoms with Gasteiger partial charge in [-0.1, -0.05) is 6.92 Å². The molecule has 1 aliphatic rings. The Labute approximate surface area is 79.7 Å². The summed E-state index contributed by atoms with van der Waals surface area (Å²) in [5.74, 6) is 0.546. The van der Waals surface area contributed by atoms with Crippen molar-refractivity contribution in [2.75, 3.05) is 32.7 Å². The van der Waals surface area contributed by atoms with Gasteiger partial charge in [0.2, 0.25) is 0 Å². The summed E-state index contributed by atoms with van der Waals surface area (Å²) < 4.78 is 0. The summed E-state index contributed by atoms with van der Waals surface area (Å²) in [5, 5.41) is 5.55. The van der Waals surface area contributed by atoms with Crippen LogP contribution in [0.2, 0.25) is 0 Å². The molecule has 0 aromatic rings. The molecule has 2 N–H and O–H groups in total. The molecule has 13 heavy (non-hydrogen) atoms. The highest BCUT2D eigenvalue weighted by atomic mass is 16.2. The molecule has 2 amide bonds. The number of hydrogen-bond acceptors (Lipinski definition) is 2. The smallest absolute Gasteiger partial charge is 0.314 e. The lowest BCUT2D eigenvalue weighted by Crippen LogP contribution is -2.38. The lowest BCUT2D eigenvalue weighted by molar-refractivity contribution is 0.239. The van der Waals surface area contributed by atoms with Gasteiger partial charge in [0.25, 0.3) is 0 Å². The third kappa shape index (κ3) is 4.72. The molecule has 0 saturated carbocycles. The topological polar surface area (TPSA) is 44.1 Å². The maximum atomic E-state index is 11.0. The van der Waals surface area contributed by atoms with Gasteiger partial charge in [0.15, 0.2) is 0 Å².